The van der Waals surface area contributed by atoms with E-state index in [0.29, 0.717) is 42.8 Å². The second-order valence-electron chi connectivity index (χ2n) is 11.6. The molecule has 0 aliphatic heterocycles. The van der Waals surface area contributed by atoms with Crippen LogP contribution in [0.5, 0.6) is 5.75 Å². The minimum Gasteiger partial charge on any atom is -0.503 e. The highest BCUT2D eigenvalue weighted by molar-refractivity contribution is 6.38. The van der Waals surface area contributed by atoms with Crippen LogP contribution in [0.4, 0.5) is 22.0 Å². The summed E-state index contributed by atoms with van der Waals surface area (Å²) in [5.41, 5.74) is -0.145. The summed E-state index contributed by atoms with van der Waals surface area (Å²) in [6.07, 6.45) is -2.03. The van der Waals surface area contributed by atoms with Gasteiger partial charge in [0, 0.05) is 17.5 Å². The number of hydrogen-bond acceptors (Lipinski definition) is 8. The van der Waals surface area contributed by atoms with Crippen LogP contribution in [0.3, 0.4) is 0 Å². The monoisotopic (exact) mass is 649 g/mol. The van der Waals surface area contributed by atoms with Crippen LogP contribution in [0.2, 0.25) is 0 Å². The molecule has 4 N–H and O–H groups in total. The van der Waals surface area contributed by atoms with E-state index in [1.165, 1.54) is 24.3 Å². The van der Waals surface area contributed by atoms with Crippen molar-refractivity contribution in [2.75, 3.05) is 0 Å². The zero-order valence-electron chi connectivity index (χ0n) is 24.7. The maximum atomic E-state index is 14.5. The third kappa shape index (κ3) is 8.05. The van der Waals surface area contributed by atoms with Crippen molar-refractivity contribution in [2.24, 2.45) is 0 Å². The number of aromatic nitrogens is 2. The number of halogens is 5. The molecule has 2 amide bonds. The zero-order chi connectivity index (χ0) is 33.2. The Labute approximate surface area is 260 Å². The number of phenols is 1. The first-order valence-corrected chi connectivity index (χ1v) is 14.9. The van der Waals surface area contributed by atoms with Gasteiger partial charge in [-0.25, -0.2) is 8.78 Å². The summed E-state index contributed by atoms with van der Waals surface area (Å²) >= 11 is 0. The fraction of sp³-hybridized carbons (Fsp3) is 0.452. The highest BCUT2D eigenvalue weighted by Crippen LogP contribution is 2.40. The molecule has 10 nitrogen and oxygen atoms in total. The lowest BCUT2D eigenvalue weighted by atomic mass is 9.98. The summed E-state index contributed by atoms with van der Waals surface area (Å²) in [4.78, 5) is 43.1. The highest BCUT2D eigenvalue weighted by Gasteiger charge is 2.43. The van der Waals surface area contributed by atoms with Crippen LogP contribution in [-0.4, -0.2) is 57.1 Å². The van der Waals surface area contributed by atoms with Crippen molar-refractivity contribution in [3.05, 3.63) is 65.1 Å². The summed E-state index contributed by atoms with van der Waals surface area (Å²) in [6, 6.07) is 0.711. The van der Waals surface area contributed by atoms with E-state index in [1.807, 2.05) is 0 Å². The number of carbonyl (C=O) groups excluding carboxylic acids is 3. The molecule has 3 atom stereocenters. The second-order valence-corrected chi connectivity index (χ2v) is 11.6. The molecule has 1 aromatic heterocycles. The van der Waals surface area contributed by atoms with Gasteiger partial charge >= 0.3 is 6.18 Å². The van der Waals surface area contributed by atoms with Crippen LogP contribution in [0, 0.1) is 11.6 Å². The van der Waals surface area contributed by atoms with Gasteiger partial charge in [0.25, 0.3) is 5.91 Å². The average molecular weight is 650 g/mol. The Kier molecular flexibility index (Phi) is 9.70. The highest BCUT2D eigenvalue weighted by atomic mass is 19.4. The molecule has 0 saturated heterocycles. The van der Waals surface area contributed by atoms with Gasteiger partial charge in [-0.05, 0) is 61.8 Å². The smallest absolute Gasteiger partial charge is 0.407 e. The van der Waals surface area contributed by atoms with Crippen LogP contribution in [0.25, 0.3) is 11.4 Å². The summed E-state index contributed by atoms with van der Waals surface area (Å²) in [5.74, 6) is -6.19. The number of ketones is 1. The van der Waals surface area contributed by atoms with Gasteiger partial charge in [0.05, 0.1) is 12.1 Å². The quantitative estimate of drug-likeness (QED) is 0.147. The molecule has 246 valence electrons. The van der Waals surface area contributed by atoms with Gasteiger partial charge < -0.3 is 20.3 Å². The van der Waals surface area contributed by atoms with Crippen LogP contribution in [-0.2, 0) is 20.8 Å². The first-order chi connectivity index (χ1) is 21.8. The molecule has 0 unspecified atom stereocenters. The number of amides is 2. The molecule has 0 spiro atoms. The van der Waals surface area contributed by atoms with Crippen molar-refractivity contribution in [1.29, 1.82) is 0 Å². The van der Waals surface area contributed by atoms with Gasteiger partial charge in [0.15, 0.2) is 17.4 Å². The van der Waals surface area contributed by atoms with E-state index in [4.69, 9.17) is 4.52 Å². The second kappa shape index (κ2) is 13.5. The van der Waals surface area contributed by atoms with Crippen LogP contribution in [0.15, 0.2) is 40.9 Å². The number of rotatable bonds is 14. The van der Waals surface area contributed by atoms with Gasteiger partial charge in [0.2, 0.25) is 23.4 Å². The lowest BCUT2D eigenvalue weighted by Gasteiger charge is -2.29. The van der Waals surface area contributed by atoms with Gasteiger partial charge in [-0.2, -0.15) is 18.2 Å². The predicted octanol–water partition coefficient (Wildman–Crippen LogP) is 4.53. The fourth-order valence-corrected chi connectivity index (χ4v) is 4.93. The van der Waals surface area contributed by atoms with Gasteiger partial charge in [0.1, 0.15) is 6.04 Å². The lowest BCUT2D eigenvalue weighted by Crippen LogP contribution is -2.55. The van der Waals surface area contributed by atoms with E-state index in [2.05, 4.69) is 26.1 Å². The molecule has 2 saturated carbocycles. The molecule has 0 bridgehead atoms. The number of Topliss-reactive ketones (excluding diaryl/α,β-unsaturated/α-hetero) is 1. The molecular formula is C31H32F5N5O5. The molecule has 5 rings (SSSR count). The predicted molar refractivity (Wildman–Crippen MR) is 152 cm³/mol. The molecule has 15 heteroatoms. The van der Waals surface area contributed by atoms with Gasteiger partial charge in [-0.3, -0.25) is 19.7 Å². The minimum absolute atomic E-state index is 0.0144. The SMILES string of the molecule is CCC[C@H](NC(=O)[C@H](Cc1cc(F)c(O)c(F)c1)N[C@@H](c1ccc(-c2noc(C3CC3)n2)cc1)C(F)(F)F)C(=O)C(=O)NC1CC1. The van der Waals surface area contributed by atoms with Gasteiger partial charge in [-0.1, -0.05) is 42.8 Å². The number of nitrogens with zero attached hydrogens (tertiary/aromatic N) is 2. The van der Waals surface area contributed by atoms with E-state index >= 15 is 0 Å². The van der Waals surface area contributed by atoms with Crippen molar-refractivity contribution in [3.8, 4) is 17.1 Å². The molecule has 2 aliphatic carbocycles. The topological polar surface area (TPSA) is 146 Å². The number of nitrogens with one attached hydrogen (secondary N) is 3. The molecule has 2 aliphatic rings. The van der Waals surface area contributed by atoms with Crippen molar-refractivity contribution >= 4 is 17.6 Å². The van der Waals surface area contributed by atoms with Crippen molar-refractivity contribution in [2.45, 2.75) is 88.1 Å². The molecule has 2 aromatic carbocycles. The van der Waals surface area contributed by atoms with E-state index < -0.39 is 65.7 Å². The molecule has 46 heavy (non-hydrogen) atoms. The molecule has 1 heterocycles. The molecule has 2 fully saturated rings. The summed E-state index contributed by atoms with van der Waals surface area (Å²) in [5, 5.41) is 20.5. The Morgan fingerprint density at radius 1 is 1.02 bits per heavy atom. The fourth-order valence-electron chi connectivity index (χ4n) is 4.93. The van der Waals surface area contributed by atoms with Crippen LogP contribution < -0.4 is 16.0 Å². The van der Waals surface area contributed by atoms with E-state index in [0.717, 1.165) is 12.8 Å². The van der Waals surface area contributed by atoms with Crippen molar-refractivity contribution in [3.63, 3.8) is 0 Å². The van der Waals surface area contributed by atoms with Crippen LogP contribution >= 0.6 is 0 Å². The maximum Gasteiger partial charge on any atom is 0.407 e. The van der Waals surface area contributed by atoms with E-state index in [1.54, 1.807) is 6.92 Å². The third-order valence-electron chi connectivity index (χ3n) is 7.75. The number of phenolic OH excluding ortho intramolecular Hbond substituents is 1. The Bertz CT molecular complexity index is 1560. The summed E-state index contributed by atoms with van der Waals surface area (Å²) in [7, 11) is 0. The number of carbonyl (C=O) groups is 3. The largest absolute Gasteiger partial charge is 0.503 e. The van der Waals surface area contributed by atoms with E-state index in [9.17, 15) is 41.4 Å². The Morgan fingerprint density at radius 2 is 1.67 bits per heavy atom. The number of benzene rings is 2. The molecule has 0 radical (unpaired) electrons. The normalized spacial score (nSPS) is 16.8. The third-order valence-corrected chi connectivity index (χ3v) is 7.75. The Balaban J connectivity index is 1.41. The lowest BCUT2D eigenvalue weighted by molar-refractivity contribution is -0.161. The first kappa shape index (κ1) is 33.0. The number of alkyl halides is 3. The minimum atomic E-state index is -4.96. The zero-order valence-corrected chi connectivity index (χ0v) is 24.7. The molecular weight excluding hydrogens is 617 g/mol. The van der Waals surface area contributed by atoms with Crippen LogP contribution in [0.1, 0.15) is 74.4 Å². The Morgan fingerprint density at radius 3 is 2.24 bits per heavy atom. The molecule has 3 aromatic rings. The average Bonchev–Trinajstić information content (AvgIpc) is 3.96. The van der Waals surface area contributed by atoms with E-state index in [-0.39, 0.29) is 35.3 Å². The summed E-state index contributed by atoms with van der Waals surface area (Å²) < 4.78 is 77.1. The Hall–Kier alpha value is -4.40. The van der Waals surface area contributed by atoms with Gasteiger partial charge in [-0.15, -0.1) is 0 Å². The summed E-state index contributed by atoms with van der Waals surface area (Å²) in [6.45, 7) is 1.69. The van der Waals surface area contributed by atoms with Crippen molar-refractivity contribution in [1.82, 2.24) is 26.1 Å². The standard InChI is InChI=1S/C31H32F5N5O5/c1-2-3-22(25(43)29(45)37-19-10-11-19)39-28(44)23(14-15-12-20(32)24(42)21(33)13-15)38-26(31(34,35)36)16-4-6-17(7-5-16)27-40-30(46-41-27)18-8-9-18/h4-7,12-13,18-19,22-23,26,38,42H,2-3,8-11,14H2,1H3,(H,37,45)(H,39,44)/t22-,23-,26-/m0/s1. The van der Waals surface area contributed by atoms with Crippen molar-refractivity contribution < 1.29 is 46.0 Å². The first-order valence-electron chi connectivity index (χ1n) is 14.9. The number of aromatic hydroxyl groups is 1. The number of hydrogen-bond donors (Lipinski definition) is 4. The maximum absolute atomic E-state index is 14.5.